The fourth-order valence-electron chi connectivity index (χ4n) is 0. The van der Waals surface area contributed by atoms with Crippen molar-refractivity contribution in [3.63, 3.8) is 0 Å². The van der Waals surface area contributed by atoms with E-state index >= 15 is 0 Å². The van der Waals surface area contributed by atoms with E-state index in [9.17, 15) is 0 Å². The van der Waals surface area contributed by atoms with Gasteiger partial charge in [-0.05, 0) is 0 Å². The van der Waals surface area contributed by atoms with Crippen LogP contribution in [0, 0.1) is 120 Å². The van der Waals surface area contributed by atoms with Gasteiger partial charge in [-0.2, -0.15) is 0 Å². The van der Waals surface area contributed by atoms with Gasteiger partial charge >= 0.3 is 0 Å². The van der Waals surface area contributed by atoms with Crippen LogP contribution in [-0.4, -0.2) is 0 Å². The first-order valence-electron chi connectivity index (χ1n) is 0. The molecule has 27 valence electrons. The van der Waals surface area contributed by atoms with Crippen LogP contribution in [0.4, 0.5) is 4.70 Å². The molecule has 4 heteroatoms. The Morgan fingerprint density at radius 1 is 1.00 bits per heavy atom. The van der Waals surface area contributed by atoms with Gasteiger partial charge in [-0.1, -0.05) is 0 Å². The molecule has 0 unspecified atom stereocenters. The third-order valence-corrected chi connectivity index (χ3v) is 0. The minimum atomic E-state index is 0. The van der Waals surface area contributed by atoms with Crippen LogP contribution in [0.3, 0.4) is 0 Å². The van der Waals surface area contributed by atoms with Crippen LogP contribution < -0.4 is 0 Å². The Balaban J connectivity index is 0. The fraction of sp³-hybridized carbons (Fsp3) is 0. The maximum atomic E-state index is 0. The van der Waals surface area contributed by atoms with E-state index in [1.807, 2.05) is 0 Å². The Hall–Kier alpha value is 3.90. The smallest absolute Gasteiger partial charge is 0 e. The van der Waals surface area contributed by atoms with Crippen molar-refractivity contribution in [2.24, 2.45) is 0 Å². The van der Waals surface area contributed by atoms with Crippen LogP contribution >= 0.6 is 0 Å². The molecule has 0 saturated carbocycles. The van der Waals surface area contributed by atoms with Gasteiger partial charge in [-0.3, -0.25) is 0 Å². The predicted octanol–water partition coefficient (Wildman–Crippen LogP) is 0.420. The molecule has 0 atom stereocenters. The number of hydrogen-bond donors (Lipinski definition) is 0. The van der Waals surface area contributed by atoms with Crippen molar-refractivity contribution in [2.75, 3.05) is 0 Å². The number of hydrogen-bond acceptors (Lipinski definition) is 0. The SMILES string of the molecule is [Ce].[Er].[F].[Nd]. The topological polar surface area (TPSA) is 0 Å². The predicted molar refractivity (Wildman–Crippen MR) is 1.11 cm³/mol. The van der Waals surface area contributed by atoms with Gasteiger partial charge in [0, 0.05) is 125 Å². The summed E-state index contributed by atoms with van der Waals surface area (Å²) in [6, 6.07) is 0. The van der Waals surface area contributed by atoms with Crippen molar-refractivity contribution in [2.45, 2.75) is 0 Å². The zero-order valence-corrected chi connectivity index (χ0v) is 9.87. The van der Waals surface area contributed by atoms with Gasteiger partial charge in [0.2, 0.25) is 0 Å². The molecule has 0 amide bonds. The average Bonchev–Trinajstić information content (AvgIpc) is 0. The Bertz CT molecular complexity index is 8.00. The second kappa shape index (κ2) is 15.8. The third-order valence-electron chi connectivity index (χ3n) is 0. The van der Waals surface area contributed by atoms with Crippen molar-refractivity contribution < 1.29 is 125 Å². The van der Waals surface area contributed by atoms with Gasteiger partial charge in [0.05, 0.1) is 0 Å². The van der Waals surface area contributed by atoms with Gasteiger partial charge in [0.1, 0.15) is 0 Å². The van der Waals surface area contributed by atoms with Crippen molar-refractivity contribution >= 4 is 0 Å². The summed E-state index contributed by atoms with van der Waals surface area (Å²) >= 11 is 0. The molecular formula is CeErFNd. The van der Waals surface area contributed by atoms with Gasteiger partial charge in [-0.15, -0.1) is 0 Å². The summed E-state index contributed by atoms with van der Waals surface area (Å²) in [6.07, 6.45) is 0. The second-order valence-corrected chi connectivity index (χ2v) is 0. The van der Waals surface area contributed by atoms with Gasteiger partial charge in [-0.25, -0.2) is 0 Å². The standard InChI is InChI=1S/Ce.Er.F.Nd. The normalized spacial score (nSPS) is 0. The molecule has 0 rings (SSSR count). The van der Waals surface area contributed by atoms with Crippen molar-refractivity contribution in [1.29, 1.82) is 0 Å². The van der Waals surface area contributed by atoms with Crippen molar-refractivity contribution in [1.82, 2.24) is 0 Å². The summed E-state index contributed by atoms with van der Waals surface area (Å²) in [5.74, 6) is 0. The van der Waals surface area contributed by atoms with E-state index in [4.69, 9.17) is 0 Å². The third kappa shape index (κ3) is 9.32. The molecule has 0 aliphatic heterocycles. The molecule has 1 radical (unpaired) electrons. The monoisotopic (exact) mass is 467 g/mol. The van der Waals surface area contributed by atoms with E-state index in [1.54, 1.807) is 0 Å². The van der Waals surface area contributed by atoms with E-state index in [1.165, 1.54) is 0 Å². The van der Waals surface area contributed by atoms with Gasteiger partial charge < -0.3 is 0 Å². The van der Waals surface area contributed by atoms with Crippen LogP contribution in [0.1, 0.15) is 0 Å². The summed E-state index contributed by atoms with van der Waals surface area (Å²) in [4.78, 5) is 0. The molecule has 0 spiro atoms. The first-order valence-corrected chi connectivity index (χ1v) is 0. The van der Waals surface area contributed by atoms with Gasteiger partial charge in [0.25, 0.3) is 0 Å². The van der Waals surface area contributed by atoms with E-state index < -0.39 is 0 Å². The zero-order valence-electron chi connectivity index (χ0n) is 1.67. The van der Waals surface area contributed by atoms with E-state index in [0.717, 1.165) is 0 Å². The average molecular weight is 471 g/mol. The number of halogens is 1. The summed E-state index contributed by atoms with van der Waals surface area (Å²) in [7, 11) is 0. The maximum absolute atomic E-state index is 0. The van der Waals surface area contributed by atoms with Crippen LogP contribution in [0.5, 0.6) is 0 Å². The molecule has 0 aliphatic rings. The van der Waals surface area contributed by atoms with Crippen LogP contribution in [0.2, 0.25) is 0 Å². The van der Waals surface area contributed by atoms with Gasteiger partial charge in [0.15, 0.2) is 0 Å². The van der Waals surface area contributed by atoms with E-state index in [-0.39, 0.29) is 125 Å². The minimum Gasteiger partial charge on any atom is 0 e. The Labute approximate surface area is 121 Å². The molecule has 0 aromatic heterocycles. The quantitative estimate of drug-likeness (QED) is 0.482. The Kier molecular flexibility index (Phi) is 97.6. The summed E-state index contributed by atoms with van der Waals surface area (Å²) in [5, 5.41) is 0. The molecule has 0 aliphatic carbocycles. The van der Waals surface area contributed by atoms with E-state index in [2.05, 4.69) is 0 Å². The Morgan fingerprint density at radius 3 is 1.00 bits per heavy atom. The first kappa shape index (κ1) is 24.7. The van der Waals surface area contributed by atoms with Crippen LogP contribution in [0.25, 0.3) is 0 Å². The minimum absolute atomic E-state index is 0. The second-order valence-electron chi connectivity index (χ2n) is 0. The molecule has 0 nitrogen and oxygen atoms in total. The molecule has 0 heterocycles. The largest absolute Gasteiger partial charge is 0 e. The van der Waals surface area contributed by atoms with Crippen molar-refractivity contribution in [3.05, 3.63) is 0 Å². The summed E-state index contributed by atoms with van der Waals surface area (Å²) < 4.78 is 0. The van der Waals surface area contributed by atoms with E-state index in [0.29, 0.717) is 0 Å². The van der Waals surface area contributed by atoms with Crippen LogP contribution in [-0.2, 0) is 0 Å². The zero-order chi connectivity index (χ0) is 0. The molecule has 0 aromatic rings. The maximum Gasteiger partial charge on any atom is 0 e. The first-order chi connectivity index (χ1) is 0. The fourth-order valence-corrected chi connectivity index (χ4v) is 0. The summed E-state index contributed by atoms with van der Waals surface area (Å²) in [5.41, 5.74) is 0. The molecule has 0 N–H and O–H groups in total. The summed E-state index contributed by atoms with van der Waals surface area (Å²) in [6.45, 7) is 0. The number of rotatable bonds is 0. The molecular weight excluding hydrogens is 471 g/mol. The molecule has 0 saturated heterocycles. The molecule has 0 fully saturated rings. The molecule has 4 heavy (non-hydrogen) atoms. The van der Waals surface area contributed by atoms with Crippen LogP contribution in [0.15, 0.2) is 0 Å². The molecule has 0 bridgehead atoms. The molecule has 0 aromatic carbocycles. The Morgan fingerprint density at radius 2 is 1.00 bits per heavy atom. The van der Waals surface area contributed by atoms with Crippen molar-refractivity contribution in [3.8, 4) is 0 Å².